The molecule has 5 heteroatoms. The predicted molar refractivity (Wildman–Crippen MR) is 87.3 cm³/mol. The van der Waals surface area contributed by atoms with E-state index in [2.05, 4.69) is 41.4 Å². The molecule has 0 aliphatic heterocycles. The third-order valence-corrected chi connectivity index (χ3v) is 2.85. The van der Waals surface area contributed by atoms with Crippen LogP contribution in [0.2, 0.25) is 0 Å². The lowest BCUT2D eigenvalue weighted by molar-refractivity contribution is 0.128. The smallest absolute Gasteiger partial charge is 0.191 e. The molecule has 0 aromatic carbocycles. The van der Waals surface area contributed by atoms with Crippen molar-refractivity contribution in [1.82, 2.24) is 15.6 Å². The molecule has 5 nitrogen and oxygen atoms in total. The van der Waals surface area contributed by atoms with E-state index >= 15 is 0 Å². The zero-order valence-electron chi connectivity index (χ0n) is 13.4. The lowest BCUT2D eigenvalue weighted by Gasteiger charge is -2.12. The van der Waals surface area contributed by atoms with E-state index in [9.17, 15) is 0 Å². The van der Waals surface area contributed by atoms with E-state index in [0.717, 1.165) is 37.8 Å². The fourth-order valence-corrected chi connectivity index (χ4v) is 1.66. The Labute approximate surface area is 128 Å². The molecule has 0 spiro atoms. The second kappa shape index (κ2) is 11.1. The van der Waals surface area contributed by atoms with Gasteiger partial charge in [-0.1, -0.05) is 19.9 Å². The Kier molecular flexibility index (Phi) is 9.20. The predicted octanol–water partition coefficient (Wildman–Crippen LogP) is 2.20. The van der Waals surface area contributed by atoms with E-state index in [0.29, 0.717) is 19.1 Å². The van der Waals surface area contributed by atoms with E-state index in [1.807, 2.05) is 18.2 Å². The van der Waals surface area contributed by atoms with Crippen LogP contribution in [0.5, 0.6) is 0 Å². The highest BCUT2D eigenvalue weighted by molar-refractivity contribution is 5.79. The average molecular weight is 292 g/mol. The van der Waals surface area contributed by atoms with Gasteiger partial charge < -0.3 is 15.4 Å². The first-order valence-corrected chi connectivity index (χ1v) is 7.72. The summed E-state index contributed by atoms with van der Waals surface area (Å²) in [6.45, 7) is 10.1. The Morgan fingerprint density at radius 2 is 2.14 bits per heavy atom. The maximum absolute atomic E-state index is 5.58. The van der Waals surface area contributed by atoms with Crippen LogP contribution in [0.25, 0.3) is 0 Å². The minimum atomic E-state index is 0.574. The molecule has 1 aromatic rings. The van der Waals surface area contributed by atoms with Gasteiger partial charge in [-0.25, -0.2) is 4.99 Å². The number of aromatic nitrogens is 1. The third kappa shape index (κ3) is 9.02. The Morgan fingerprint density at radius 1 is 1.29 bits per heavy atom. The Bertz CT molecular complexity index is 393. The molecule has 0 aliphatic carbocycles. The first-order chi connectivity index (χ1) is 10.2. The molecule has 1 heterocycles. The summed E-state index contributed by atoms with van der Waals surface area (Å²) in [5, 5.41) is 6.48. The first-order valence-electron chi connectivity index (χ1n) is 7.72. The maximum Gasteiger partial charge on any atom is 0.191 e. The topological polar surface area (TPSA) is 58.5 Å². The molecule has 0 saturated heterocycles. The van der Waals surface area contributed by atoms with Crippen LogP contribution in [-0.4, -0.2) is 37.2 Å². The molecule has 0 saturated carbocycles. The highest BCUT2D eigenvalue weighted by Gasteiger charge is 1.98. The number of nitrogens with zero attached hydrogens (tertiary/aromatic N) is 2. The Balaban J connectivity index is 2.26. The van der Waals surface area contributed by atoms with Gasteiger partial charge in [-0.05, 0) is 31.4 Å². The van der Waals surface area contributed by atoms with Crippen LogP contribution in [-0.2, 0) is 11.3 Å². The lowest BCUT2D eigenvalue weighted by Crippen LogP contribution is -2.39. The van der Waals surface area contributed by atoms with Gasteiger partial charge in [-0.15, -0.1) is 0 Å². The fraction of sp³-hybridized carbons (Fsp3) is 0.625. The SMILES string of the molecule is CCNC(=NCc1ccccn1)NCCOCCC(C)C. The number of rotatable bonds is 9. The molecule has 2 N–H and O–H groups in total. The van der Waals surface area contributed by atoms with Crippen molar-refractivity contribution >= 4 is 5.96 Å². The van der Waals surface area contributed by atoms with Gasteiger partial charge in [-0.2, -0.15) is 0 Å². The van der Waals surface area contributed by atoms with E-state index in [1.54, 1.807) is 6.20 Å². The van der Waals surface area contributed by atoms with Crippen molar-refractivity contribution in [3.63, 3.8) is 0 Å². The quantitative estimate of drug-likeness (QED) is 0.416. The number of aliphatic imine (C=N–C) groups is 1. The van der Waals surface area contributed by atoms with Crippen LogP contribution in [0.4, 0.5) is 0 Å². The molecule has 1 rings (SSSR count). The van der Waals surface area contributed by atoms with Crippen molar-refractivity contribution in [1.29, 1.82) is 0 Å². The number of hydrogen-bond donors (Lipinski definition) is 2. The molecule has 0 bridgehead atoms. The van der Waals surface area contributed by atoms with Crippen LogP contribution in [0.1, 0.15) is 32.9 Å². The first kappa shape index (κ1) is 17.4. The third-order valence-electron chi connectivity index (χ3n) is 2.85. The summed E-state index contributed by atoms with van der Waals surface area (Å²) in [6, 6.07) is 5.86. The second-order valence-corrected chi connectivity index (χ2v) is 5.24. The van der Waals surface area contributed by atoms with Gasteiger partial charge in [0.05, 0.1) is 18.8 Å². The van der Waals surface area contributed by atoms with E-state index < -0.39 is 0 Å². The molecule has 0 atom stereocenters. The minimum absolute atomic E-state index is 0.574. The summed E-state index contributed by atoms with van der Waals surface area (Å²) in [7, 11) is 0. The van der Waals surface area contributed by atoms with Gasteiger partial charge in [0.2, 0.25) is 0 Å². The van der Waals surface area contributed by atoms with Crippen LogP contribution in [0.3, 0.4) is 0 Å². The summed E-state index contributed by atoms with van der Waals surface area (Å²) in [5.74, 6) is 1.49. The van der Waals surface area contributed by atoms with Crippen LogP contribution >= 0.6 is 0 Å². The van der Waals surface area contributed by atoms with Crippen LogP contribution < -0.4 is 10.6 Å². The van der Waals surface area contributed by atoms with Gasteiger partial charge in [0.15, 0.2) is 5.96 Å². The minimum Gasteiger partial charge on any atom is -0.380 e. The van der Waals surface area contributed by atoms with Crippen molar-refractivity contribution < 1.29 is 4.74 Å². The van der Waals surface area contributed by atoms with E-state index in [4.69, 9.17) is 4.74 Å². The molecule has 0 aliphatic rings. The van der Waals surface area contributed by atoms with Gasteiger partial charge in [0.25, 0.3) is 0 Å². The zero-order valence-corrected chi connectivity index (χ0v) is 13.4. The maximum atomic E-state index is 5.58. The van der Waals surface area contributed by atoms with Gasteiger partial charge in [0.1, 0.15) is 0 Å². The zero-order chi connectivity index (χ0) is 15.3. The van der Waals surface area contributed by atoms with Crippen molar-refractivity contribution in [2.45, 2.75) is 33.7 Å². The molecular weight excluding hydrogens is 264 g/mol. The fourth-order valence-electron chi connectivity index (χ4n) is 1.66. The summed E-state index contributed by atoms with van der Waals surface area (Å²) in [4.78, 5) is 8.77. The summed E-state index contributed by atoms with van der Waals surface area (Å²) >= 11 is 0. The second-order valence-electron chi connectivity index (χ2n) is 5.24. The molecule has 0 radical (unpaired) electrons. The number of pyridine rings is 1. The lowest BCUT2D eigenvalue weighted by atomic mass is 10.1. The van der Waals surface area contributed by atoms with E-state index in [-0.39, 0.29) is 0 Å². The highest BCUT2D eigenvalue weighted by Crippen LogP contribution is 1.98. The van der Waals surface area contributed by atoms with Gasteiger partial charge >= 0.3 is 0 Å². The van der Waals surface area contributed by atoms with Crippen LogP contribution in [0.15, 0.2) is 29.4 Å². The Hall–Kier alpha value is -1.62. The highest BCUT2D eigenvalue weighted by atomic mass is 16.5. The molecule has 21 heavy (non-hydrogen) atoms. The molecule has 1 aromatic heterocycles. The molecule has 0 amide bonds. The van der Waals surface area contributed by atoms with E-state index in [1.165, 1.54) is 0 Å². The number of hydrogen-bond acceptors (Lipinski definition) is 3. The van der Waals surface area contributed by atoms with Crippen molar-refractivity contribution in [3.05, 3.63) is 30.1 Å². The summed E-state index contributed by atoms with van der Waals surface area (Å²) in [6.07, 6.45) is 2.89. The normalized spacial score (nSPS) is 11.7. The molecular formula is C16H28N4O. The largest absolute Gasteiger partial charge is 0.380 e. The van der Waals surface area contributed by atoms with Crippen molar-refractivity contribution in [3.8, 4) is 0 Å². The van der Waals surface area contributed by atoms with Crippen molar-refractivity contribution in [2.75, 3.05) is 26.3 Å². The average Bonchev–Trinajstić information content (AvgIpc) is 2.49. The number of nitrogens with one attached hydrogen (secondary N) is 2. The standard InChI is InChI=1S/C16H28N4O/c1-4-17-16(19-10-12-21-11-8-14(2)3)20-13-15-7-5-6-9-18-15/h5-7,9,14H,4,8,10-13H2,1-3H3,(H2,17,19,20). The van der Waals surface area contributed by atoms with Gasteiger partial charge in [-0.3, -0.25) is 4.98 Å². The van der Waals surface area contributed by atoms with Crippen molar-refractivity contribution in [2.24, 2.45) is 10.9 Å². The number of ether oxygens (including phenoxy) is 1. The molecule has 0 fully saturated rings. The van der Waals surface area contributed by atoms with Gasteiger partial charge in [0, 0.05) is 25.9 Å². The summed E-state index contributed by atoms with van der Waals surface area (Å²) < 4.78 is 5.58. The molecule has 118 valence electrons. The van der Waals surface area contributed by atoms with Crippen LogP contribution in [0, 0.1) is 5.92 Å². The number of guanidine groups is 1. The summed E-state index contributed by atoms with van der Waals surface area (Å²) in [5.41, 5.74) is 0.961. The monoisotopic (exact) mass is 292 g/mol. The molecule has 0 unspecified atom stereocenters. The Morgan fingerprint density at radius 3 is 2.81 bits per heavy atom.